The first-order chi connectivity index (χ1) is 11.0. The summed E-state index contributed by atoms with van der Waals surface area (Å²) in [6, 6.07) is 6.95. The molecule has 0 saturated heterocycles. The van der Waals surface area contributed by atoms with Gasteiger partial charge in [-0.25, -0.2) is 0 Å². The molecule has 0 bridgehead atoms. The summed E-state index contributed by atoms with van der Waals surface area (Å²) >= 11 is 12.2. The van der Waals surface area contributed by atoms with E-state index in [-0.39, 0.29) is 24.3 Å². The van der Waals surface area contributed by atoms with Crippen LogP contribution in [-0.2, 0) is 16.1 Å². The molecule has 3 rings (SSSR count). The second-order valence-electron chi connectivity index (χ2n) is 5.37. The van der Waals surface area contributed by atoms with Crippen LogP contribution in [0.25, 0.3) is 0 Å². The molecule has 23 heavy (non-hydrogen) atoms. The molecule has 1 aliphatic carbocycles. The second kappa shape index (κ2) is 6.22. The number of amides is 1. The van der Waals surface area contributed by atoms with Gasteiger partial charge in [0, 0.05) is 18.2 Å². The summed E-state index contributed by atoms with van der Waals surface area (Å²) < 4.78 is 1.25. The number of carboxylic acid groups (broad SMARTS) is 1. The normalized spacial score (nSPS) is 19.4. The first-order valence-corrected chi connectivity index (χ1v) is 7.71. The van der Waals surface area contributed by atoms with Crippen LogP contribution in [0, 0.1) is 5.92 Å². The van der Waals surface area contributed by atoms with Crippen molar-refractivity contribution >= 4 is 40.9 Å². The lowest BCUT2D eigenvalue weighted by atomic mass is 10.1. The highest BCUT2D eigenvalue weighted by molar-refractivity contribution is 6.42. The molecule has 8 heteroatoms. The third-order valence-corrected chi connectivity index (χ3v) is 4.53. The van der Waals surface area contributed by atoms with Crippen LogP contribution < -0.4 is 5.32 Å². The van der Waals surface area contributed by atoms with E-state index < -0.39 is 5.97 Å². The molecule has 1 aromatic carbocycles. The minimum absolute atomic E-state index is 0.0438. The molecule has 1 heterocycles. The number of anilines is 1. The Hall–Kier alpha value is -2.05. The van der Waals surface area contributed by atoms with E-state index in [9.17, 15) is 9.59 Å². The number of carboxylic acids is 1. The van der Waals surface area contributed by atoms with E-state index in [4.69, 9.17) is 28.3 Å². The number of carbonyl (C=O) groups is 2. The fourth-order valence-electron chi connectivity index (χ4n) is 2.51. The van der Waals surface area contributed by atoms with E-state index in [2.05, 4.69) is 10.4 Å². The molecule has 2 atom stereocenters. The zero-order valence-electron chi connectivity index (χ0n) is 11.9. The summed E-state index contributed by atoms with van der Waals surface area (Å²) in [5, 5.41) is 16.3. The molecule has 120 valence electrons. The Morgan fingerprint density at radius 3 is 2.87 bits per heavy atom. The smallest absolute Gasteiger partial charge is 0.325 e. The Labute approximate surface area is 142 Å². The molecule has 1 fully saturated rings. The van der Waals surface area contributed by atoms with Gasteiger partial charge in [0.1, 0.15) is 6.54 Å². The van der Waals surface area contributed by atoms with Gasteiger partial charge in [-0.1, -0.05) is 35.3 Å². The van der Waals surface area contributed by atoms with E-state index in [1.807, 2.05) is 12.1 Å². The molecule has 1 amide bonds. The van der Waals surface area contributed by atoms with Gasteiger partial charge in [0.05, 0.1) is 10.0 Å². The van der Waals surface area contributed by atoms with Crippen LogP contribution in [0.2, 0.25) is 10.0 Å². The quantitative estimate of drug-likeness (QED) is 0.865. The maximum absolute atomic E-state index is 12.2. The van der Waals surface area contributed by atoms with E-state index in [0.717, 1.165) is 5.56 Å². The maximum Gasteiger partial charge on any atom is 0.325 e. The highest BCUT2D eigenvalue weighted by Gasteiger charge is 2.45. The van der Waals surface area contributed by atoms with Crippen molar-refractivity contribution in [1.29, 1.82) is 0 Å². The van der Waals surface area contributed by atoms with E-state index >= 15 is 0 Å². The molecule has 0 spiro atoms. The molecular formula is C15H13Cl2N3O3. The molecule has 0 radical (unpaired) electrons. The van der Waals surface area contributed by atoms with Crippen LogP contribution in [-0.4, -0.2) is 26.8 Å². The largest absolute Gasteiger partial charge is 0.480 e. The van der Waals surface area contributed by atoms with Crippen LogP contribution in [0.4, 0.5) is 5.82 Å². The first kappa shape index (κ1) is 15.8. The lowest BCUT2D eigenvalue weighted by Gasteiger charge is -2.05. The number of benzene rings is 1. The van der Waals surface area contributed by atoms with Crippen molar-refractivity contribution in [3.8, 4) is 0 Å². The molecule has 0 aliphatic heterocycles. The Balaban J connectivity index is 1.63. The number of halogens is 2. The number of carbonyl (C=O) groups excluding carboxylic acids is 1. The number of nitrogens with zero attached hydrogens (tertiary/aromatic N) is 2. The molecule has 2 aromatic rings. The monoisotopic (exact) mass is 353 g/mol. The first-order valence-electron chi connectivity index (χ1n) is 6.95. The van der Waals surface area contributed by atoms with Crippen molar-refractivity contribution in [1.82, 2.24) is 9.78 Å². The van der Waals surface area contributed by atoms with E-state index in [1.54, 1.807) is 12.1 Å². The lowest BCUT2D eigenvalue weighted by Crippen LogP contribution is -2.16. The molecule has 2 N–H and O–H groups in total. The van der Waals surface area contributed by atoms with Gasteiger partial charge in [-0.2, -0.15) is 5.10 Å². The maximum atomic E-state index is 12.2. The Bertz CT molecular complexity index is 775. The fourth-order valence-corrected chi connectivity index (χ4v) is 2.96. The van der Waals surface area contributed by atoms with Crippen LogP contribution in [0.1, 0.15) is 17.9 Å². The predicted octanol–water partition coefficient (Wildman–Crippen LogP) is 3.02. The summed E-state index contributed by atoms with van der Waals surface area (Å²) in [5.41, 5.74) is 0.871. The number of hydrogen-bond acceptors (Lipinski definition) is 3. The number of nitrogens with one attached hydrogen (secondary N) is 1. The number of hydrogen-bond donors (Lipinski definition) is 2. The molecule has 1 aliphatic rings. The SMILES string of the molecule is O=C(O)Cn1ccc(NC(=O)[C@@H]2C[C@@H]2c2cccc(Cl)c2Cl)n1. The molecule has 0 unspecified atom stereocenters. The van der Waals surface area contributed by atoms with Gasteiger partial charge in [0.2, 0.25) is 5.91 Å². The Kier molecular flexibility index (Phi) is 4.28. The molecule has 1 saturated carbocycles. The third kappa shape index (κ3) is 3.48. The minimum atomic E-state index is -0.996. The van der Waals surface area contributed by atoms with E-state index in [1.165, 1.54) is 10.9 Å². The Morgan fingerprint density at radius 1 is 1.35 bits per heavy atom. The number of rotatable bonds is 5. The second-order valence-corrected chi connectivity index (χ2v) is 6.16. The van der Waals surface area contributed by atoms with Gasteiger partial charge in [-0.15, -0.1) is 0 Å². The summed E-state index contributed by atoms with van der Waals surface area (Å²) in [5.74, 6) is -0.965. The van der Waals surface area contributed by atoms with Gasteiger partial charge >= 0.3 is 5.97 Å². The highest BCUT2D eigenvalue weighted by Crippen LogP contribution is 2.51. The van der Waals surface area contributed by atoms with E-state index in [0.29, 0.717) is 22.3 Å². The Morgan fingerprint density at radius 2 is 2.13 bits per heavy atom. The van der Waals surface area contributed by atoms with Gasteiger partial charge in [-0.3, -0.25) is 14.3 Å². The topological polar surface area (TPSA) is 84.2 Å². The summed E-state index contributed by atoms with van der Waals surface area (Å²) in [7, 11) is 0. The highest BCUT2D eigenvalue weighted by atomic mass is 35.5. The van der Waals surface area contributed by atoms with Gasteiger partial charge in [0.15, 0.2) is 5.82 Å². The van der Waals surface area contributed by atoms with Crippen LogP contribution in [0.5, 0.6) is 0 Å². The van der Waals surface area contributed by atoms with Gasteiger partial charge in [0.25, 0.3) is 0 Å². The van der Waals surface area contributed by atoms with Crippen molar-refractivity contribution in [3.63, 3.8) is 0 Å². The average molecular weight is 354 g/mol. The average Bonchev–Trinajstić information content (AvgIpc) is 3.17. The zero-order valence-corrected chi connectivity index (χ0v) is 13.4. The minimum Gasteiger partial charge on any atom is -0.480 e. The lowest BCUT2D eigenvalue weighted by molar-refractivity contribution is -0.137. The summed E-state index contributed by atoms with van der Waals surface area (Å²) in [4.78, 5) is 22.8. The summed E-state index contributed by atoms with van der Waals surface area (Å²) in [6.07, 6.45) is 2.20. The molecule has 1 aromatic heterocycles. The zero-order chi connectivity index (χ0) is 16.6. The molecule has 6 nitrogen and oxygen atoms in total. The van der Waals surface area contributed by atoms with Crippen molar-refractivity contribution < 1.29 is 14.7 Å². The number of aromatic nitrogens is 2. The summed E-state index contributed by atoms with van der Waals surface area (Å²) in [6.45, 7) is -0.250. The number of aliphatic carboxylic acids is 1. The van der Waals surface area contributed by atoms with Crippen LogP contribution in [0.3, 0.4) is 0 Å². The van der Waals surface area contributed by atoms with Gasteiger partial charge < -0.3 is 10.4 Å². The van der Waals surface area contributed by atoms with Crippen molar-refractivity contribution in [2.45, 2.75) is 18.9 Å². The third-order valence-electron chi connectivity index (χ3n) is 3.70. The van der Waals surface area contributed by atoms with Crippen LogP contribution in [0.15, 0.2) is 30.5 Å². The fraction of sp³-hybridized carbons (Fsp3) is 0.267. The van der Waals surface area contributed by atoms with Crippen LogP contribution >= 0.6 is 23.2 Å². The van der Waals surface area contributed by atoms with Crippen molar-refractivity contribution in [2.24, 2.45) is 5.92 Å². The predicted molar refractivity (Wildman–Crippen MR) is 85.8 cm³/mol. The standard InChI is InChI=1S/C15H13Cl2N3O3/c16-11-3-1-2-8(14(11)17)9-6-10(9)15(23)18-12-4-5-20(19-12)7-13(21)22/h1-5,9-10H,6-7H2,(H,21,22)(H,18,19,23)/t9-,10-/m1/s1. The van der Waals surface area contributed by atoms with Crippen molar-refractivity contribution in [3.05, 3.63) is 46.1 Å². The molecular weight excluding hydrogens is 341 g/mol. The van der Waals surface area contributed by atoms with Gasteiger partial charge in [-0.05, 0) is 24.0 Å². The van der Waals surface area contributed by atoms with Crippen molar-refractivity contribution in [2.75, 3.05) is 5.32 Å².